The fraction of sp³-hybridized carbons (Fsp3) is 0.611. The number of halogens is 3. The Morgan fingerprint density at radius 1 is 0.885 bits per heavy atom. The van der Waals surface area contributed by atoms with E-state index in [-0.39, 0.29) is 47.1 Å². The third-order valence-corrected chi connectivity index (χ3v) is 4.48. The number of pyridine rings is 1. The first-order chi connectivity index (χ1) is 12.1. The zero-order valence-electron chi connectivity index (χ0n) is 15.2. The molecular weight excluding hydrogens is 347 g/mol. The first-order valence-electron chi connectivity index (χ1n) is 8.66. The van der Waals surface area contributed by atoms with Gasteiger partial charge in [-0.15, -0.1) is 0 Å². The van der Waals surface area contributed by atoms with Gasteiger partial charge in [0.1, 0.15) is 24.6 Å². The quantitative estimate of drug-likeness (QED) is 0.813. The molecule has 0 aliphatic carbocycles. The number of hydrogen-bond acceptors (Lipinski definition) is 5. The van der Waals surface area contributed by atoms with Crippen molar-refractivity contribution in [3.63, 3.8) is 0 Å². The highest BCUT2D eigenvalue weighted by Crippen LogP contribution is 2.31. The Kier molecular flexibility index (Phi) is 4.94. The van der Waals surface area contributed by atoms with E-state index in [2.05, 4.69) is 15.0 Å². The third kappa shape index (κ3) is 3.83. The molecular formula is C18H22F3N3O2. The maximum Gasteiger partial charge on any atom is 0.416 e. The summed E-state index contributed by atoms with van der Waals surface area (Å²) in [6.07, 6.45) is -4.51. The van der Waals surface area contributed by atoms with Crippen molar-refractivity contribution in [1.82, 2.24) is 4.98 Å². The second-order valence-electron chi connectivity index (χ2n) is 7.24. The Morgan fingerprint density at radius 3 is 1.62 bits per heavy atom. The zero-order chi connectivity index (χ0) is 19.1. The number of rotatable bonds is 4. The fourth-order valence-electron chi connectivity index (χ4n) is 2.66. The molecule has 0 spiro atoms. The van der Waals surface area contributed by atoms with Gasteiger partial charge in [0.25, 0.3) is 0 Å². The van der Waals surface area contributed by atoms with Crippen LogP contribution < -0.4 is 0 Å². The normalized spacial score (nSPS) is 23.1. The van der Waals surface area contributed by atoms with Crippen molar-refractivity contribution in [3.8, 4) is 0 Å². The molecule has 1 aromatic rings. The van der Waals surface area contributed by atoms with Gasteiger partial charge in [0.2, 0.25) is 11.8 Å². The largest absolute Gasteiger partial charge is 0.474 e. The first kappa shape index (κ1) is 18.7. The van der Waals surface area contributed by atoms with E-state index in [0.717, 1.165) is 12.1 Å². The lowest BCUT2D eigenvalue weighted by atomic mass is 10.1. The van der Waals surface area contributed by atoms with Gasteiger partial charge in [0, 0.05) is 0 Å². The molecule has 2 aliphatic rings. The van der Waals surface area contributed by atoms with Crippen molar-refractivity contribution in [2.75, 3.05) is 13.2 Å². The van der Waals surface area contributed by atoms with Crippen LogP contribution in [0.15, 0.2) is 22.1 Å². The highest BCUT2D eigenvalue weighted by atomic mass is 19.4. The van der Waals surface area contributed by atoms with E-state index < -0.39 is 11.7 Å². The molecule has 0 aromatic carbocycles. The summed E-state index contributed by atoms with van der Waals surface area (Å²) in [6.45, 7) is 8.62. The van der Waals surface area contributed by atoms with Gasteiger partial charge in [0.05, 0.1) is 17.6 Å². The minimum atomic E-state index is -4.51. The van der Waals surface area contributed by atoms with Gasteiger partial charge in [0.15, 0.2) is 0 Å². The van der Waals surface area contributed by atoms with Gasteiger partial charge in [-0.05, 0) is 24.0 Å². The van der Waals surface area contributed by atoms with Crippen LogP contribution in [0.3, 0.4) is 0 Å². The molecule has 26 heavy (non-hydrogen) atoms. The highest BCUT2D eigenvalue weighted by Gasteiger charge is 2.35. The number of hydrogen-bond donors (Lipinski definition) is 0. The Hall–Kier alpha value is -2.12. The summed E-state index contributed by atoms with van der Waals surface area (Å²) in [7, 11) is 0. The number of ether oxygens (including phenoxy) is 2. The fourth-order valence-corrected chi connectivity index (χ4v) is 2.66. The van der Waals surface area contributed by atoms with Crippen molar-refractivity contribution >= 4 is 11.8 Å². The van der Waals surface area contributed by atoms with E-state index in [1.54, 1.807) is 0 Å². The monoisotopic (exact) mass is 369 g/mol. The Balaban J connectivity index is 2.01. The van der Waals surface area contributed by atoms with E-state index in [1.165, 1.54) is 0 Å². The number of nitrogens with zero attached hydrogens (tertiary/aromatic N) is 3. The molecule has 0 bridgehead atoms. The van der Waals surface area contributed by atoms with Gasteiger partial charge in [-0.3, -0.25) is 0 Å². The minimum Gasteiger partial charge on any atom is -0.474 e. The van der Waals surface area contributed by atoms with E-state index >= 15 is 0 Å². The summed E-state index contributed by atoms with van der Waals surface area (Å²) < 4.78 is 51.0. The number of aliphatic imine (C=N–C) groups is 2. The molecule has 0 radical (unpaired) electrons. The average Bonchev–Trinajstić information content (AvgIpc) is 3.23. The molecule has 2 aliphatic heterocycles. The molecule has 2 unspecified atom stereocenters. The van der Waals surface area contributed by atoms with E-state index in [4.69, 9.17) is 9.47 Å². The summed E-state index contributed by atoms with van der Waals surface area (Å²) in [5.41, 5.74) is -0.717. The Morgan fingerprint density at radius 2 is 1.31 bits per heavy atom. The highest BCUT2D eigenvalue weighted by molar-refractivity contribution is 5.97. The summed E-state index contributed by atoms with van der Waals surface area (Å²) in [5, 5.41) is 0. The first-order valence-corrected chi connectivity index (χ1v) is 8.66. The molecule has 0 saturated carbocycles. The Labute approximate surface area is 150 Å². The van der Waals surface area contributed by atoms with Crippen molar-refractivity contribution in [1.29, 1.82) is 0 Å². The van der Waals surface area contributed by atoms with E-state index in [1.807, 2.05) is 27.7 Å². The predicted molar refractivity (Wildman–Crippen MR) is 91.5 cm³/mol. The predicted octanol–water partition coefficient (Wildman–Crippen LogP) is 3.70. The van der Waals surface area contributed by atoms with Crippen LogP contribution in [0.25, 0.3) is 0 Å². The second kappa shape index (κ2) is 6.89. The maximum atomic E-state index is 13.3. The van der Waals surface area contributed by atoms with Crippen LogP contribution in [-0.4, -0.2) is 42.1 Å². The SMILES string of the molecule is CC(C)C1COC(c2cc(C(F)(F)F)cc(C3=NC(C(C)C)CO3)n2)=N1. The van der Waals surface area contributed by atoms with E-state index in [0.29, 0.717) is 13.2 Å². The van der Waals surface area contributed by atoms with Crippen molar-refractivity contribution < 1.29 is 22.6 Å². The number of aromatic nitrogens is 1. The zero-order valence-corrected chi connectivity index (χ0v) is 15.2. The molecule has 0 fully saturated rings. The topological polar surface area (TPSA) is 56.1 Å². The molecule has 0 amide bonds. The van der Waals surface area contributed by atoms with Gasteiger partial charge in [-0.2, -0.15) is 13.2 Å². The standard InChI is InChI=1S/C18H22F3N3O2/c1-9(2)14-7-25-16(23-14)12-5-11(18(19,20)21)6-13(22-12)17-24-15(8-26-17)10(3)4/h5-6,9-10,14-15H,7-8H2,1-4H3. The van der Waals surface area contributed by atoms with Crippen LogP contribution in [0.1, 0.15) is 44.6 Å². The van der Waals surface area contributed by atoms with Gasteiger partial charge in [-0.1, -0.05) is 27.7 Å². The molecule has 3 heterocycles. The molecule has 1 aromatic heterocycles. The number of alkyl halides is 3. The molecule has 2 atom stereocenters. The lowest BCUT2D eigenvalue weighted by molar-refractivity contribution is -0.137. The average molecular weight is 369 g/mol. The maximum absolute atomic E-state index is 13.3. The third-order valence-electron chi connectivity index (χ3n) is 4.48. The van der Waals surface area contributed by atoms with Crippen LogP contribution in [0, 0.1) is 11.8 Å². The molecule has 5 nitrogen and oxygen atoms in total. The van der Waals surface area contributed by atoms with Crippen molar-refractivity contribution in [3.05, 3.63) is 29.1 Å². The lowest BCUT2D eigenvalue weighted by Gasteiger charge is -2.11. The molecule has 0 saturated heterocycles. The van der Waals surface area contributed by atoms with E-state index in [9.17, 15) is 13.2 Å². The molecule has 0 N–H and O–H groups in total. The molecule has 8 heteroatoms. The molecule has 142 valence electrons. The van der Waals surface area contributed by atoms with Crippen molar-refractivity contribution in [2.24, 2.45) is 21.8 Å². The lowest BCUT2D eigenvalue weighted by Crippen LogP contribution is -2.15. The van der Waals surface area contributed by atoms with Crippen molar-refractivity contribution in [2.45, 2.75) is 46.0 Å². The second-order valence-corrected chi connectivity index (χ2v) is 7.24. The summed E-state index contributed by atoms with van der Waals surface area (Å²) in [5.74, 6) is 0.726. The van der Waals surface area contributed by atoms with Crippen LogP contribution in [0.5, 0.6) is 0 Å². The van der Waals surface area contributed by atoms with Gasteiger partial charge in [-0.25, -0.2) is 15.0 Å². The minimum absolute atomic E-state index is 0.0530. The summed E-state index contributed by atoms with van der Waals surface area (Å²) >= 11 is 0. The van der Waals surface area contributed by atoms with Crippen LogP contribution >= 0.6 is 0 Å². The van der Waals surface area contributed by atoms with Gasteiger partial charge < -0.3 is 9.47 Å². The van der Waals surface area contributed by atoms with Gasteiger partial charge >= 0.3 is 6.18 Å². The van der Waals surface area contributed by atoms with Crippen LogP contribution in [-0.2, 0) is 15.7 Å². The smallest absolute Gasteiger partial charge is 0.416 e. The molecule has 3 rings (SSSR count). The summed E-state index contributed by atoms with van der Waals surface area (Å²) in [4.78, 5) is 13.0. The van der Waals surface area contributed by atoms with Crippen LogP contribution in [0.2, 0.25) is 0 Å². The Bertz CT molecular complexity index is 689. The van der Waals surface area contributed by atoms with Crippen LogP contribution in [0.4, 0.5) is 13.2 Å². The summed E-state index contributed by atoms with van der Waals surface area (Å²) in [6, 6.07) is 1.74.